The average Bonchev–Trinajstić information content (AvgIpc) is 2.84. The molecule has 3 aromatic rings. The number of hydrogen-bond acceptors (Lipinski definition) is 3. The van der Waals surface area contributed by atoms with E-state index in [-0.39, 0.29) is 5.75 Å². The van der Waals surface area contributed by atoms with Gasteiger partial charge in [-0.25, -0.2) is 4.98 Å². The molecule has 0 amide bonds. The summed E-state index contributed by atoms with van der Waals surface area (Å²) in [5.41, 5.74) is 0.654. The van der Waals surface area contributed by atoms with Crippen LogP contribution in [0.1, 0.15) is 0 Å². The summed E-state index contributed by atoms with van der Waals surface area (Å²) in [5, 5.41) is 10.2. The molecule has 15 heavy (non-hydrogen) atoms. The summed E-state index contributed by atoms with van der Waals surface area (Å²) in [4.78, 5) is 7.05. The molecule has 2 N–H and O–H groups in total. The standard InChI is InChI=1S/C11H8N2O2/c14-8-2-1-7-5-10(15-9(7)6-8)11-12-3-4-13-11/h1-6,14H,(H,12,13). The van der Waals surface area contributed by atoms with Crippen molar-refractivity contribution in [3.63, 3.8) is 0 Å². The molecule has 0 saturated carbocycles. The summed E-state index contributed by atoms with van der Waals surface area (Å²) in [6, 6.07) is 6.90. The number of nitrogens with zero attached hydrogens (tertiary/aromatic N) is 1. The number of rotatable bonds is 1. The van der Waals surface area contributed by atoms with Crippen molar-refractivity contribution in [2.45, 2.75) is 0 Å². The number of aromatic amines is 1. The minimum atomic E-state index is 0.197. The molecule has 74 valence electrons. The predicted octanol–water partition coefficient (Wildman–Crippen LogP) is 2.53. The maximum absolute atomic E-state index is 9.29. The highest BCUT2D eigenvalue weighted by molar-refractivity contribution is 5.82. The summed E-state index contributed by atoms with van der Waals surface area (Å²) in [7, 11) is 0. The molecule has 1 aromatic carbocycles. The first kappa shape index (κ1) is 8.11. The van der Waals surface area contributed by atoms with E-state index in [9.17, 15) is 5.11 Å². The van der Waals surface area contributed by atoms with Gasteiger partial charge < -0.3 is 14.5 Å². The van der Waals surface area contributed by atoms with Gasteiger partial charge in [0.15, 0.2) is 11.6 Å². The SMILES string of the molecule is Oc1ccc2cc(-c3ncc[nH]3)oc2c1. The Morgan fingerprint density at radius 1 is 1.27 bits per heavy atom. The van der Waals surface area contributed by atoms with Gasteiger partial charge in [-0.05, 0) is 18.2 Å². The Labute approximate surface area is 85.2 Å². The van der Waals surface area contributed by atoms with Crippen molar-refractivity contribution < 1.29 is 9.52 Å². The minimum Gasteiger partial charge on any atom is -0.508 e. The van der Waals surface area contributed by atoms with Gasteiger partial charge in [-0.1, -0.05) is 0 Å². The number of furan rings is 1. The molecule has 4 nitrogen and oxygen atoms in total. The van der Waals surface area contributed by atoms with Gasteiger partial charge in [-0.15, -0.1) is 0 Å². The molecular weight excluding hydrogens is 192 g/mol. The van der Waals surface area contributed by atoms with Gasteiger partial charge in [-0.2, -0.15) is 0 Å². The number of hydrogen-bond donors (Lipinski definition) is 2. The van der Waals surface area contributed by atoms with E-state index in [1.165, 1.54) is 0 Å². The third kappa shape index (κ3) is 1.27. The van der Waals surface area contributed by atoms with Crippen LogP contribution < -0.4 is 0 Å². The van der Waals surface area contributed by atoms with Crippen molar-refractivity contribution in [3.05, 3.63) is 36.7 Å². The van der Waals surface area contributed by atoms with Crippen LogP contribution >= 0.6 is 0 Å². The summed E-state index contributed by atoms with van der Waals surface area (Å²) < 4.78 is 5.54. The zero-order valence-electron chi connectivity index (χ0n) is 7.77. The Hall–Kier alpha value is -2.23. The van der Waals surface area contributed by atoms with Crippen LogP contribution in [-0.4, -0.2) is 15.1 Å². The van der Waals surface area contributed by atoms with Crippen molar-refractivity contribution >= 4 is 11.0 Å². The number of H-pyrrole nitrogens is 1. The summed E-state index contributed by atoms with van der Waals surface area (Å²) in [6.45, 7) is 0. The highest BCUT2D eigenvalue weighted by Gasteiger charge is 2.07. The van der Waals surface area contributed by atoms with Gasteiger partial charge in [0.05, 0.1) is 0 Å². The topological polar surface area (TPSA) is 62.1 Å². The average molecular weight is 200 g/mol. The van der Waals surface area contributed by atoms with E-state index in [1.54, 1.807) is 30.6 Å². The maximum atomic E-state index is 9.29. The smallest absolute Gasteiger partial charge is 0.173 e. The van der Waals surface area contributed by atoms with Gasteiger partial charge in [-0.3, -0.25) is 0 Å². The lowest BCUT2D eigenvalue weighted by Gasteiger charge is -1.89. The molecule has 0 aliphatic rings. The number of fused-ring (bicyclic) bond motifs is 1. The molecular formula is C11H8N2O2. The van der Waals surface area contributed by atoms with Crippen LogP contribution in [0.5, 0.6) is 5.75 Å². The Kier molecular flexibility index (Phi) is 1.56. The zero-order chi connectivity index (χ0) is 10.3. The quantitative estimate of drug-likeness (QED) is 0.634. The highest BCUT2D eigenvalue weighted by Crippen LogP contribution is 2.27. The Bertz CT molecular complexity index is 596. The number of aromatic hydroxyl groups is 1. The van der Waals surface area contributed by atoms with Crippen LogP contribution in [-0.2, 0) is 0 Å². The van der Waals surface area contributed by atoms with Crippen molar-refractivity contribution in [1.82, 2.24) is 9.97 Å². The van der Waals surface area contributed by atoms with Gasteiger partial charge >= 0.3 is 0 Å². The molecule has 0 aliphatic carbocycles. The number of nitrogens with one attached hydrogen (secondary N) is 1. The monoisotopic (exact) mass is 200 g/mol. The zero-order valence-corrected chi connectivity index (χ0v) is 7.77. The molecule has 2 aromatic heterocycles. The number of phenolic OH excluding ortho intramolecular Hbond substituents is 1. The molecule has 0 atom stereocenters. The van der Waals surface area contributed by atoms with Crippen LogP contribution in [0, 0.1) is 0 Å². The molecule has 0 bridgehead atoms. The molecule has 4 heteroatoms. The third-order valence-electron chi connectivity index (χ3n) is 2.24. The van der Waals surface area contributed by atoms with E-state index in [0.29, 0.717) is 17.2 Å². The van der Waals surface area contributed by atoms with Crippen molar-refractivity contribution in [2.75, 3.05) is 0 Å². The largest absolute Gasteiger partial charge is 0.508 e. The fourth-order valence-corrected chi connectivity index (χ4v) is 1.54. The summed E-state index contributed by atoms with van der Waals surface area (Å²) in [5.74, 6) is 1.55. The second kappa shape index (κ2) is 2.88. The van der Waals surface area contributed by atoms with Crippen LogP contribution in [0.3, 0.4) is 0 Å². The fourth-order valence-electron chi connectivity index (χ4n) is 1.54. The highest BCUT2D eigenvalue weighted by atomic mass is 16.3. The first-order valence-corrected chi connectivity index (χ1v) is 4.55. The lowest BCUT2D eigenvalue weighted by molar-refractivity contribution is 0.474. The van der Waals surface area contributed by atoms with Crippen LogP contribution in [0.4, 0.5) is 0 Å². The summed E-state index contributed by atoms with van der Waals surface area (Å²) in [6.07, 6.45) is 3.40. The Balaban J connectivity index is 2.22. The molecule has 0 radical (unpaired) electrons. The van der Waals surface area contributed by atoms with Gasteiger partial charge in [0, 0.05) is 23.8 Å². The second-order valence-corrected chi connectivity index (χ2v) is 3.27. The molecule has 0 unspecified atom stereocenters. The van der Waals surface area contributed by atoms with E-state index < -0.39 is 0 Å². The van der Waals surface area contributed by atoms with Crippen LogP contribution in [0.2, 0.25) is 0 Å². The summed E-state index contributed by atoms with van der Waals surface area (Å²) >= 11 is 0. The molecule has 0 fully saturated rings. The van der Waals surface area contributed by atoms with Gasteiger partial charge in [0.25, 0.3) is 0 Å². The number of aromatic nitrogens is 2. The first-order valence-electron chi connectivity index (χ1n) is 4.55. The lowest BCUT2D eigenvalue weighted by atomic mass is 10.2. The van der Waals surface area contributed by atoms with E-state index >= 15 is 0 Å². The second-order valence-electron chi connectivity index (χ2n) is 3.27. The minimum absolute atomic E-state index is 0.197. The number of imidazole rings is 1. The van der Waals surface area contributed by atoms with Crippen LogP contribution in [0.25, 0.3) is 22.6 Å². The van der Waals surface area contributed by atoms with E-state index in [2.05, 4.69) is 9.97 Å². The van der Waals surface area contributed by atoms with Gasteiger partial charge in [0.2, 0.25) is 0 Å². The van der Waals surface area contributed by atoms with Crippen molar-refractivity contribution in [3.8, 4) is 17.3 Å². The van der Waals surface area contributed by atoms with Crippen LogP contribution in [0.15, 0.2) is 41.1 Å². The Morgan fingerprint density at radius 3 is 3.00 bits per heavy atom. The molecule has 0 spiro atoms. The molecule has 0 aliphatic heterocycles. The number of benzene rings is 1. The normalized spacial score (nSPS) is 10.9. The van der Waals surface area contributed by atoms with Crippen molar-refractivity contribution in [1.29, 1.82) is 0 Å². The fraction of sp³-hybridized carbons (Fsp3) is 0. The predicted molar refractivity (Wildman–Crippen MR) is 55.5 cm³/mol. The van der Waals surface area contributed by atoms with E-state index in [4.69, 9.17) is 4.42 Å². The Morgan fingerprint density at radius 2 is 2.20 bits per heavy atom. The lowest BCUT2D eigenvalue weighted by Crippen LogP contribution is -1.73. The third-order valence-corrected chi connectivity index (χ3v) is 2.24. The van der Waals surface area contributed by atoms with E-state index in [1.807, 2.05) is 6.07 Å². The van der Waals surface area contributed by atoms with E-state index in [0.717, 1.165) is 5.39 Å². The molecule has 3 rings (SSSR count). The maximum Gasteiger partial charge on any atom is 0.173 e. The van der Waals surface area contributed by atoms with Crippen molar-refractivity contribution in [2.24, 2.45) is 0 Å². The first-order chi connectivity index (χ1) is 7.33. The molecule has 2 heterocycles. The molecule has 0 saturated heterocycles. The van der Waals surface area contributed by atoms with Gasteiger partial charge in [0.1, 0.15) is 11.3 Å². The number of phenols is 1.